The third-order valence-electron chi connectivity index (χ3n) is 4.69. The number of rotatable bonds is 4. The second-order valence-corrected chi connectivity index (χ2v) is 7.48. The van der Waals surface area contributed by atoms with Crippen molar-refractivity contribution in [2.24, 2.45) is 0 Å². The Morgan fingerprint density at radius 1 is 1.03 bits per heavy atom. The highest BCUT2D eigenvalue weighted by Crippen LogP contribution is 2.32. The first-order chi connectivity index (χ1) is 14.5. The van der Waals surface area contributed by atoms with E-state index in [0.29, 0.717) is 28.1 Å². The normalized spacial score (nSPS) is 15.6. The number of anilines is 1. The van der Waals surface area contributed by atoms with Crippen molar-refractivity contribution in [2.45, 2.75) is 6.92 Å². The van der Waals surface area contributed by atoms with Crippen LogP contribution in [0.4, 0.5) is 10.5 Å². The van der Waals surface area contributed by atoms with Crippen molar-refractivity contribution in [1.29, 1.82) is 0 Å². The summed E-state index contributed by atoms with van der Waals surface area (Å²) in [6, 6.07) is 17.3. The Morgan fingerprint density at radius 3 is 2.60 bits per heavy atom. The van der Waals surface area contributed by atoms with Crippen molar-refractivity contribution >= 4 is 56.3 Å². The van der Waals surface area contributed by atoms with Gasteiger partial charge in [-0.05, 0) is 48.0 Å². The lowest BCUT2D eigenvalue weighted by Crippen LogP contribution is -2.54. The van der Waals surface area contributed by atoms with E-state index < -0.39 is 17.8 Å². The van der Waals surface area contributed by atoms with Gasteiger partial charge >= 0.3 is 6.03 Å². The molecule has 0 atom stereocenters. The molecule has 3 aromatic rings. The first kappa shape index (κ1) is 19.8. The van der Waals surface area contributed by atoms with Crippen LogP contribution in [0.5, 0.6) is 5.75 Å². The van der Waals surface area contributed by atoms with E-state index in [2.05, 4.69) is 21.2 Å². The highest BCUT2D eigenvalue weighted by atomic mass is 79.9. The molecule has 0 bridgehead atoms. The summed E-state index contributed by atoms with van der Waals surface area (Å²) in [5.74, 6) is -0.890. The number of urea groups is 1. The first-order valence-electron chi connectivity index (χ1n) is 9.31. The number of nitrogens with one attached hydrogen (secondary N) is 1. The number of benzene rings is 3. The van der Waals surface area contributed by atoms with Crippen LogP contribution in [0.1, 0.15) is 12.5 Å². The van der Waals surface area contributed by atoms with E-state index in [0.717, 1.165) is 15.7 Å². The predicted octanol–water partition coefficient (Wildman–Crippen LogP) is 4.67. The molecule has 1 heterocycles. The maximum Gasteiger partial charge on any atom is 0.335 e. The van der Waals surface area contributed by atoms with Gasteiger partial charge in [0.15, 0.2) is 0 Å². The molecule has 7 heteroatoms. The van der Waals surface area contributed by atoms with Crippen LogP contribution < -0.4 is 15.0 Å². The number of nitrogens with zero attached hydrogens (tertiary/aromatic N) is 1. The summed E-state index contributed by atoms with van der Waals surface area (Å²) in [5, 5.41) is 4.03. The minimum absolute atomic E-state index is 0.146. The van der Waals surface area contributed by atoms with Crippen LogP contribution in [0, 0.1) is 0 Å². The molecule has 6 nitrogen and oxygen atoms in total. The average Bonchev–Trinajstić information content (AvgIpc) is 2.72. The van der Waals surface area contributed by atoms with Crippen molar-refractivity contribution in [3.63, 3.8) is 0 Å². The molecule has 0 aliphatic carbocycles. The fraction of sp³-hybridized carbons (Fsp3) is 0.0870. The molecular formula is C23H17BrN2O4. The monoisotopic (exact) mass is 464 g/mol. The Balaban J connectivity index is 1.87. The van der Waals surface area contributed by atoms with Gasteiger partial charge in [0, 0.05) is 10.0 Å². The van der Waals surface area contributed by atoms with Crippen LogP contribution in [0.3, 0.4) is 0 Å². The first-order valence-corrected chi connectivity index (χ1v) is 10.1. The van der Waals surface area contributed by atoms with E-state index in [-0.39, 0.29) is 5.57 Å². The lowest BCUT2D eigenvalue weighted by Gasteiger charge is -2.26. The maximum absolute atomic E-state index is 13.2. The largest absolute Gasteiger partial charge is 0.493 e. The zero-order valence-electron chi connectivity index (χ0n) is 16.0. The molecule has 3 aromatic carbocycles. The number of carbonyl (C=O) groups is 3. The summed E-state index contributed by atoms with van der Waals surface area (Å²) in [6.45, 7) is 2.29. The minimum atomic E-state index is -0.789. The Morgan fingerprint density at radius 2 is 1.83 bits per heavy atom. The van der Waals surface area contributed by atoms with Gasteiger partial charge in [0.2, 0.25) is 0 Å². The average molecular weight is 465 g/mol. The van der Waals surface area contributed by atoms with Crippen molar-refractivity contribution in [3.05, 3.63) is 76.3 Å². The van der Waals surface area contributed by atoms with Crippen LogP contribution >= 0.6 is 15.9 Å². The Bertz CT molecular complexity index is 1220. The van der Waals surface area contributed by atoms with Gasteiger partial charge in [-0.15, -0.1) is 0 Å². The van der Waals surface area contributed by atoms with Crippen molar-refractivity contribution in [2.75, 3.05) is 11.5 Å². The number of imide groups is 2. The molecule has 0 spiro atoms. The number of hydrogen-bond acceptors (Lipinski definition) is 4. The summed E-state index contributed by atoms with van der Waals surface area (Å²) < 4.78 is 6.44. The lowest BCUT2D eigenvalue weighted by atomic mass is 9.99. The topological polar surface area (TPSA) is 75.7 Å². The summed E-state index contributed by atoms with van der Waals surface area (Å²) in [4.78, 5) is 39.1. The van der Waals surface area contributed by atoms with Gasteiger partial charge in [0.1, 0.15) is 11.3 Å². The van der Waals surface area contributed by atoms with Gasteiger partial charge in [0.05, 0.1) is 12.3 Å². The van der Waals surface area contributed by atoms with E-state index in [1.807, 2.05) is 37.3 Å². The molecule has 0 unspecified atom stereocenters. The van der Waals surface area contributed by atoms with Crippen molar-refractivity contribution in [3.8, 4) is 5.75 Å². The second-order valence-electron chi connectivity index (χ2n) is 6.57. The summed E-state index contributed by atoms with van der Waals surface area (Å²) in [7, 11) is 0. The smallest absolute Gasteiger partial charge is 0.335 e. The number of ether oxygens (including phenoxy) is 1. The number of barbiturate groups is 1. The van der Waals surface area contributed by atoms with Crippen molar-refractivity contribution in [1.82, 2.24) is 5.32 Å². The molecule has 1 aliphatic heterocycles. The zero-order chi connectivity index (χ0) is 21.3. The molecule has 1 saturated heterocycles. The molecule has 1 aliphatic rings. The number of halogens is 1. The maximum atomic E-state index is 13.2. The third-order valence-corrected chi connectivity index (χ3v) is 5.18. The van der Waals surface area contributed by atoms with Gasteiger partial charge in [-0.1, -0.05) is 52.3 Å². The third kappa shape index (κ3) is 3.59. The quantitative estimate of drug-likeness (QED) is 0.449. The molecule has 1 fully saturated rings. The predicted molar refractivity (Wildman–Crippen MR) is 118 cm³/mol. The number of hydrogen-bond donors (Lipinski definition) is 1. The molecule has 4 rings (SSSR count). The summed E-state index contributed by atoms with van der Waals surface area (Å²) >= 11 is 3.34. The van der Waals surface area contributed by atoms with E-state index >= 15 is 0 Å². The van der Waals surface area contributed by atoms with Gasteiger partial charge in [0.25, 0.3) is 11.8 Å². The highest BCUT2D eigenvalue weighted by Gasteiger charge is 2.37. The fourth-order valence-corrected chi connectivity index (χ4v) is 3.74. The van der Waals surface area contributed by atoms with Crippen LogP contribution in [0.15, 0.2) is 70.7 Å². The van der Waals surface area contributed by atoms with Gasteiger partial charge in [-0.3, -0.25) is 14.9 Å². The molecule has 0 aromatic heterocycles. The summed E-state index contributed by atoms with van der Waals surface area (Å²) in [5.41, 5.74) is 0.817. The van der Waals surface area contributed by atoms with Gasteiger partial charge < -0.3 is 4.74 Å². The van der Waals surface area contributed by atoms with E-state index in [9.17, 15) is 14.4 Å². The summed E-state index contributed by atoms with van der Waals surface area (Å²) in [6.07, 6.45) is 1.49. The van der Waals surface area contributed by atoms with Crippen LogP contribution in [0.25, 0.3) is 16.8 Å². The number of amides is 4. The SMILES string of the molecule is CCOc1ccc2ccccc2c1/C=C1/C(=O)NC(=O)N(c2cccc(Br)c2)C1=O. The van der Waals surface area contributed by atoms with E-state index in [4.69, 9.17) is 4.74 Å². The Labute approximate surface area is 181 Å². The lowest BCUT2D eigenvalue weighted by molar-refractivity contribution is -0.122. The Hall–Kier alpha value is -3.45. The van der Waals surface area contributed by atoms with Gasteiger partial charge in [-0.2, -0.15) is 0 Å². The van der Waals surface area contributed by atoms with Crippen LogP contribution in [-0.4, -0.2) is 24.5 Å². The Kier molecular flexibility index (Phi) is 5.37. The minimum Gasteiger partial charge on any atom is -0.493 e. The molecule has 0 radical (unpaired) electrons. The number of fused-ring (bicyclic) bond motifs is 1. The molecule has 1 N–H and O–H groups in total. The zero-order valence-corrected chi connectivity index (χ0v) is 17.6. The second kappa shape index (κ2) is 8.12. The molecule has 150 valence electrons. The van der Waals surface area contributed by atoms with E-state index in [1.54, 1.807) is 30.3 Å². The molecule has 4 amide bonds. The number of carbonyl (C=O) groups excluding carboxylic acids is 3. The van der Waals surface area contributed by atoms with Crippen LogP contribution in [0.2, 0.25) is 0 Å². The highest BCUT2D eigenvalue weighted by molar-refractivity contribution is 9.10. The van der Waals surface area contributed by atoms with E-state index in [1.165, 1.54) is 6.08 Å². The molecular weight excluding hydrogens is 448 g/mol. The van der Waals surface area contributed by atoms with Crippen LogP contribution in [-0.2, 0) is 9.59 Å². The van der Waals surface area contributed by atoms with Crippen molar-refractivity contribution < 1.29 is 19.1 Å². The molecule has 30 heavy (non-hydrogen) atoms. The fourth-order valence-electron chi connectivity index (χ4n) is 3.36. The standard InChI is InChI=1S/C23H17BrN2O4/c1-2-30-20-11-10-14-6-3-4-9-17(14)18(20)13-19-21(27)25-23(29)26(22(19)28)16-8-5-7-15(24)12-16/h3-13H,2H2,1H3,(H,25,27,29)/b19-13-. The van der Waals surface area contributed by atoms with Gasteiger partial charge in [-0.25, -0.2) is 9.69 Å². The molecule has 0 saturated carbocycles.